The summed E-state index contributed by atoms with van der Waals surface area (Å²) in [4.78, 5) is 0. The summed E-state index contributed by atoms with van der Waals surface area (Å²) in [5, 5.41) is 32.9. The number of aliphatic hydroxyl groups excluding tert-OH is 1. The second-order valence-electron chi connectivity index (χ2n) is 3.36. The van der Waals surface area contributed by atoms with E-state index in [1.165, 1.54) is 17.5 Å². The van der Waals surface area contributed by atoms with Gasteiger partial charge in [-0.1, -0.05) is 0 Å². The molecule has 0 saturated carbocycles. The number of aromatic nitrogens is 2. The molecule has 0 aliphatic rings. The van der Waals surface area contributed by atoms with Crippen LogP contribution in [0.15, 0.2) is 29.1 Å². The van der Waals surface area contributed by atoms with Gasteiger partial charge in [0.2, 0.25) is 0 Å². The SMILES string of the molecule is N#Cc1ccnnc1NCC(O)c1ccsc1. The minimum atomic E-state index is -0.616. The summed E-state index contributed by atoms with van der Waals surface area (Å²) < 4.78 is 0. The molecule has 6 heteroatoms. The maximum Gasteiger partial charge on any atom is 0.166 e. The summed E-state index contributed by atoms with van der Waals surface area (Å²) in [6.07, 6.45) is 0.841. The standard InChI is InChI=1S/C11H10N4OS/c12-5-8-1-3-14-15-11(8)13-6-10(16)9-2-4-17-7-9/h1-4,7,10,16H,6H2,(H,13,15). The molecule has 1 unspecified atom stereocenters. The van der Waals surface area contributed by atoms with Crippen LogP contribution in [0.1, 0.15) is 17.2 Å². The smallest absolute Gasteiger partial charge is 0.166 e. The second-order valence-corrected chi connectivity index (χ2v) is 4.14. The van der Waals surface area contributed by atoms with Crippen molar-refractivity contribution in [3.63, 3.8) is 0 Å². The van der Waals surface area contributed by atoms with E-state index in [2.05, 4.69) is 15.5 Å². The van der Waals surface area contributed by atoms with Crippen LogP contribution < -0.4 is 5.32 Å². The van der Waals surface area contributed by atoms with E-state index in [0.29, 0.717) is 17.9 Å². The lowest BCUT2D eigenvalue weighted by atomic mass is 10.2. The minimum absolute atomic E-state index is 0.296. The maximum atomic E-state index is 9.85. The molecule has 2 N–H and O–H groups in total. The van der Waals surface area contributed by atoms with Gasteiger partial charge in [-0.25, -0.2) is 0 Å². The molecule has 2 aromatic heterocycles. The number of nitriles is 1. The van der Waals surface area contributed by atoms with Crippen molar-refractivity contribution in [2.75, 3.05) is 11.9 Å². The lowest BCUT2D eigenvalue weighted by Crippen LogP contribution is -2.13. The topological polar surface area (TPSA) is 81.8 Å². The van der Waals surface area contributed by atoms with Crippen molar-refractivity contribution in [2.24, 2.45) is 0 Å². The highest BCUT2D eigenvalue weighted by molar-refractivity contribution is 7.07. The van der Waals surface area contributed by atoms with E-state index in [4.69, 9.17) is 5.26 Å². The number of nitrogens with one attached hydrogen (secondary N) is 1. The molecule has 0 aliphatic heterocycles. The van der Waals surface area contributed by atoms with Crippen LogP contribution in [0.2, 0.25) is 0 Å². The number of rotatable bonds is 4. The fourth-order valence-corrected chi connectivity index (χ4v) is 2.04. The molecule has 0 amide bonds. The Labute approximate surface area is 102 Å². The predicted molar refractivity (Wildman–Crippen MR) is 64.5 cm³/mol. The van der Waals surface area contributed by atoms with Crippen LogP contribution in [0.25, 0.3) is 0 Å². The zero-order valence-electron chi connectivity index (χ0n) is 8.87. The molecule has 1 atom stereocenters. The van der Waals surface area contributed by atoms with Crippen LogP contribution in [0.5, 0.6) is 0 Å². The average Bonchev–Trinajstić information content (AvgIpc) is 2.90. The Morgan fingerprint density at radius 1 is 1.53 bits per heavy atom. The third kappa shape index (κ3) is 2.78. The van der Waals surface area contributed by atoms with Gasteiger partial charge in [0.15, 0.2) is 5.82 Å². The van der Waals surface area contributed by atoms with Crippen LogP contribution in [0.4, 0.5) is 5.82 Å². The lowest BCUT2D eigenvalue weighted by Gasteiger charge is -2.10. The van der Waals surface area contributed by atoms with E-state index >= 15 is 0 Å². The minimum Gasteiger partial charge on any atom is -0.387 e. The molecular formula is C11H10N4OS. The number of hydrogen-bond acceptors (Lipinski definition) is 6. The van der Waals surface area contributed by atoms with Crippen molar-refractivity contribution in [1.82, 2.24) is 10.2 Å². The highest BCUT2D eigenvalue weighted by atomic mass is 32.1. The number of nitrogens with zero attached hydrogens (tertiary/aromatic N) is 3. The zero-order valence-corrected chi connectivity index (χ0v) is 9.68. The highest BCUT2D eigenvalue weighted by Crippen LogP contribution is 2.17. The molecule has 5 nitrogen and oxygen atoms in total. The van der Waals surface area contributed by atoms with Gasteiger partial charge in [-0.05, 0) is 28.5 Å². The van der Waals surface area contributed by atoms with Gasteiger partial charge in [0, 0.05) is 6.54 Å². The van der Waals surface area contributed by atoms with Gasteiger partial charge in [-0.15, -0.1) is 5.10 Å². The fraction of sp³-hybridized carbons (Fsp3) is 0.182. The first-order chi connectivity index (χ1) is 8.31. The third-order valence-corrected chi connectivity index (χ3v) is 2.93. The van der Waals surface area contributed by atoms with E-state index in [-0.39, 0.29) is 0 Å². The molecule has 0 spiro atoms. The Bertz CT molecular complexity index is 521. The Balaban J connectivity index is 2.01. The van der Waals surface area contributed by atoms with Crippen LogP contribution in [0, 0.1) is 11.3 Å². The molecule has 2 aromatic rings. The average molecular weight is 246 g/mol. The van der Waals surface area contributed by atoms with Crippen LogP contribution in [-0.2, 0) is 0 Å². The van der Waals surface area contributed by atoms with Gasteiger partial charge < -0.3 is 10.4 Å². The predicted octanol–water partition coefficient (Wildman–Crippen LogP) is 1.56. The van der Waals surface area contributed by atoms with Crippen molar-refractivity contribution >= 4 is 17.2 Å². The van der Waals surface area contributed by atoms with E-state index < -0.39 is 6.10 Å². The van der Waals surface area contributed by atoms with E-state index in [9.17, 15) is 5.11 Å². The highest BCUT2D eigenvalue weighted by Gasteiger charge is 2.09. The molecule has 2 rings (SSSR count). The van der Waals surface area contributed by atoms with Crippen LogP contribution in [0.3, 0.4) is 0 Å². The summed E-state index contributed by atoms with van der Waals surface area (Å²) >= 11 is 1.53. The molecular weight excluding hydrogens is 236 g/mol. The normalized spacial score (nSPS) is 11.8. The van der Waals surface area contributed by atoms with E-state index in [0.717, 1.165) is 5.56 Å². The molecule has 17 heavy (non-hydrogen) atoms. The first-order valence-electron chi connectivity index (χ1n) is 4.97. The van der Waals surface area contributed by atoms with Gasteiger partial charge in [0.05, 0.1) is 17.9 Å². The Kier molecular flexibility index (Phi) is 3.65. The quantitative estimate of drug-likeness (QED) is 0.855. The van der Waals surface area contributed by atoms with Crippen molar-refractivity contribution in [3.8, 4) is 6.07 Å². The molecule has 0 fully saturated rings. The zero-order chi connectivity index (χ0) is 12.1. The van der Waals surface area contributed by atoms with E-state index in [1.807, 2.05) is 22.9 Å². The Morgan fingerprint density at radius 2 is 2.41 bits per heavy atom. The third-order valence-electron chi connectivity index (χ3n) is 2.23. The van der Waals surface area contributed by atoms with Crippen LogP contribution in [-0.4, -0.2) is 21.8 Å². The maximum absolute atomic E-state index is 9.85. The number of anilines is 1. The van der Waals surface area contributed by atoms with Crippen molar-refractivity contribution in [2.45, 2.75) is 6.10 Å². The van der Waals surface area contributed by atoms with Crippen molar-refractivity contribution in [3.05, 3.63) is 40.2 Å². The Morgan fingerprint density at radius 3 is 3.12 bits per heavy atom. The Hall–Kier alpha value is -1.97. The monoisotopic (exact) mass is 246 g/mol. The van der Waals surface area contributed by atoms with Gasteiger partial charge in [0.25, 0.3) is 0 Å². The first-order valence-corrected chi connectivity index (χ1v) is 5.91. The fourth-order valence-electron chi connectivity index (χ4n) is 1.33. The summed E-state index contributed by atoms with van der Waals surface area (Å²) in [5.41, 5.74) is 1.27. The summed E-state index contributed by atoms with van der Waals surface area (Å²) in [6.45, 7) is 0.296. The molecule has 0 aliphatic carbocycles. The molecule has 0 aromatic carbocycles. The van der Waals surface area contributed by atoms with Crippen molar-refractivity contribution < 1.29 is 5.11 Å². The largest absolute Gasteiger partial charge is 0.387 e. The summed E-state index contributed by atoms with van der Waals surface area (Å²) in [6, 6.07) is 5.45. The van der Waals surface area contributed by atoms with Gasteiger partial charge in [0.1, 0.15) is 6.07 Å². The molecule has 0 bridgehead atoms. The van der Waals surface area contributed by atoms with Gasteiger partial charge in [-0.2, -0.15) is 21.7 Å². The van der Waals surface area contributed by atoms with Crippen LogP contribution >= 0.6 is 11.3 Å². The molecule has 0 radical (unpaired) electrons. The first kappa shape index (κ1) is 11.5. The number of thiophene rings is 1. The number of aliphatic hydroxyl groups is 1. The van der Waals surface area contributed by atoms with Gasteiger partial charge in [-0.3, -0.25) is 0 Å². The van der Waals surface area contributed by atoms with Gasteiger partial charge >= 0.3 is 0 Å². The molecule has 0 saturated heterocycles. The van der Waals surface area contributed by atoms with Crippen molar-refractivity contribution in [1.29, 1.82) is 5.26 Å². The summed E-state index contributed by atoms with van der Waals surface area (Å²) in [5.74, 6) is 0.393. The number of hydrogen-bond donors (Lipinski definition) is 2. The molecule has 2 heterocycles. The lowest BCUT2D eigenvalue weighted by molar-refractivity contribution is 0.192. The summed E-state index contributed by atoms with van der Waals surface area (Å²) in [7, 11) is 0. The van der Waals surface area contributed by atoms with E-state index in [1.54, 1.807) is 6.07 Å². The molecule has 86 valence electrons. The second kappa shape index (κ2) is 5.39.